The van der Waals surface area contributed by atoms with Crippen molar-refractivity contribution < 1.29 is 31.9 Å². The molecule has 1 fully saturated rings. The molecule has 0 bridgehead atoms. The summed E-state index contributed by atoms with van der Waals surface area (Å²) in [6.45, 7) is 1.97. The van der Waals surface area contributed by atoms with E-state index in [4.69, 9.17) is 0 Å². The third-order valence-corrected chi connectivity index (χ3v) is 4.46. The van der Waals surface area contributed by atoms with Gasteiger partial charge in [0, 0.05) is 12.5 Å². The van der Waals surface area contributed by atoms with Crippen LogP contribution in [-0.4, -0.2) is 36.9 Å². The lowest BCUT2D eigenvalue weighted by atomic mass is 10.1. The first kappa shape index (κ1) is 21.6. The fourth-order valence-corrected chi connectivity index (χ4v) is 2.61. The zero-order valence-electron chi connectivity index (χ0n) is 15.9. The van der Waals surface area contributed by atoms with Crippen LogP contribution >= 0.6 is 0 Å². The Kier molecular flexibility index (Phi) is 6.28. The summed E-state index contributed by atoms with van der Waals surface area (Å²) in [5.74, 6) is -0.869. The molecule has 1 aromatic carbocycles. The molecule has 0 spiro atoms. The van der Waals surface area contributed by atoms with E-state index in [2.05, 4.69) is 25.7 Å². The predicted molar refractivity (Wildman–Crippen MR) is 99.0 cm³/mol. The highest BCUT2D eigenvalue weighted by atomic mass is 19.3. The summed E-state index contributed by atoms with van der Waals surface area (Å²) in [6.07, 6.45) is -5.31. The lowest BCUT2D eigenvalue weighted by molar-refractivity contribution is -0.253. The highest BCUT2D eigenvalue weighted by Crippen LogP contribution is 2.29. The predicted octanol–water partition coefficient (Wildman–Crippen LogP) is 2.47. The van der Waals surface area contributed by atoms with Crippen molar-refractivity contribution in [3.8, 4) is 5.75 Å². The molecule has 162 valence electrons. The van der Waals surface area contributed by atoms with E-state index >= 15 is 0 Å². The molecule has 0 radical (unpaired) electrons. The molecule has 1 aromatic rings. The van der Waals surface area contributed by atoms with Gasteiger partial charge in [0.05, 0.1) is 6.04 Å². The summed E-state index contributed by atoms with van der Waals surface area (Å²) >= 11 is 0. The summed E-state index contributed by atoms with van der Waals surface area (Å²) in [5.41, 5.74) is 0.653. The zero-order chi connectivity index (χ0) is 21.9. The Hall–Kier alpha value is -3.11. The number of guanidine groups is 1. The SMILES string of the molecule is CC(NC(=O)C1=CCNC(NC(=O)C2CC2)=N1)c1ccc(OC(F)(F)C(F)F)cc1. The van der Waals surface area contributed by atoms with Gasteiger partial charge in [0.2, 0.25) is 11.9 Å². The van der Waals surface area contributed by atoms with Gasteiger partial charge in [-0.25, -0.2) is 4.99 Å². The number of aliphatic imine (C=N–C) groups is 1. The number of ether oxygens (including phenoxy) is 1. The maximum Gasteiger partial charge on any atom is 0.461 e. The molecule has 2 aliphatic rings. The molecule has 7 nitrogen and oxygen atoms in total. The average Bonchev–Trinajstić information content (AvgIpc) is 3.53. The normalized spacial score (nSPS) is 17.4. The van der Waals surface area contributed by atoms with Crippen LogP contribution < -0.4 is 20.7 Å². The quantitative estimate of drug-likeness (QED) is 0.582. The number of alkyl halides is 4. The molecule has 11 heteroatoms. The third-order valence-electron chi connectivity index (χ3n) is 4.46. The van der Waals surface area contributed by atoms with Crippen molar-refractivity contribution in [1.29, 1.82) is 0 Å². The smallest absolute Gasteiger partial charge is 0.428 e. The molecule has 1 aliphatic heterocycles. The summed E-state index contributed by atoms with van der Waals surface area (Å²) in [6, 6.07) is 4.45. The average molecular weight is 428 g/mol. The zero-order valence-corrected chi connectivity index (χ0v) is 15.9. The van der Waals surface area contributed by atoms with Gasteiger partial charge in [-0.15, -0.1) is 0 Å². The molecule has 1 unspecified atom stereocenters. The highest BCUT2D eigenvalue weighted by molar-refractivity contribution is 6.03. The van der Waals surface area contributed by atoms with Crippen molar-refractivity contribution >= 4 is 17.8 Å². The Bertz CT molecular complexity index is 867. The van der Waals surface area contributed by atoms with Crippen molar-refractivity contribution in [2.45, 2.75) is 38.3 Å². The van der Waals surface area contributed by atoms with Crippen LogP contribution in [0.1, 0.15) is 31.4 Å². The van der Waals surface area contributed by atoms with Crippen LogP contribution in [0, 0.1) is 5.92 Å². The molecule has 1 heterocycles. The second-order valence-corrected chi connectivity index (χ2v) is 6.92. The van der Waals surface area contributed by atoms with E-state index in [9.17, 15) is 27.2 Å². The van der Waals surface area contributed by atoms with Gasteiger partial charge in [-0.1, -0.05) is 12.1 Å². The van der Waals surface area contributed by atoms with E-state index in [0.29, 0.717) is 12.1 Å². The minimum Gasteiger partial charge on any atom is -0.428 e. The fourth-order valence-electron chi connectivity index (χ4n) is 2.61. The van der Waals surface area contributed by atoms with Gasteiger partial charge >= 0.3 is 12.5 Å². The minimum atomic E-state index is -4.59. The van der Waals surface area contributed by atoms with Crippen molar-refractivity contribution in [3.63, 3.8) is 0 Å². The van der Waals surface area contributed by atoms with Crippen LogP contribution in [0.4, 0.5) is 17.6 Å². The number of carbonyl (C=O) groups excluding carboxylic acids is 2. The monoisotopic (exact) mass is 428 g/mol. The summed E-state index contributed by atoms with van der Waals surface area (Å²) in [5, 5.41) is 8.20. The van der Waals surface area contributed by atoms with Crippen molar-refractivity contribution in [2.24, 2.45) is 10.9 Å². The maximum atomic E-state index is 12.9. The topological polar surface area (TPSA) is 91.8 Å². The van der Waals surface area contributed by atoms with E-state index in [1.165, 1.54) is 12.1 Å². The molecule has 1 saturated carbocycles. The van der Waals surface area contributed by atoms with E-state index in [-0.39, 0.29) is 23.5 Å². The standard InChI is InChI=1S/C19H20F4N4O3/c1-10(11-4-6-13(7-5-11)30-19(22,23)17(20)21)25-16(29)14-8-9-24-18(26-14)27-15(28)12-2-3-12/h4-8,10,12,17H,2-3,9H2,1H3,(H,25,29)(H2,24,26,27,28). The number of hydrogen-bond acceptors (Lipinski definition) is 5. The summed E-state index contributed by atoms with van der Waals surface area (Å²) in [4.78, 5) is 28.4. The van der Waals surface area contributed by atoms with Crippen LogP contribution in [0.15, 0.2) is 41.0 Å². The van der Waals surface area contributed by atoms with E-state index in [0.717, 1.165) is 25.0 Å². The van der Waals surface area contributed by atoms with E-state index < -0.39 is 30.2 Å². The number of benzene rings is 1. The van der Waals surface area contributed by atoms with Gasteiger partial charge in [0.15, 0.2) is 0 Å². The molecule has 3 rings (SSSR count). The van der Waals surface area contributed by atoms with Crippen LogP contribution in [0.5, 0.6) is 5.75 Å². The number of rotatable bonds is 7. The number of hydrogen-bond donors (Lipinski definition) is 3. The number of amides is 2. The second-order valence-electron chi connectivity index (χ2n) is 6.92. The molecule has 1 aliphatic carbocycles. The Morgan fingerprint density at radius 1 is 1.23 bits per heavy atom. The Morgan fingerprint density at radius 2 is 1.90 bits per heavy atom. The molecule has 30 heavy (non-hydrogen) atoms. The molecular formula is C19H20F4N4O3. The van der Waals surface area contributed by atoms with Crippen LogP contribution in [0.25, 0.3) is 0 Å². The van der Waals surface area contributed by atoms with E-state index in [1.54, 1.807) is 13.0 Å². The molecule has 3 N–H and O–H groups in total. The highest BCUT2D eigenvalue weighted by Gasteiger charge is 2.43. The number of nitrogens with zero attached hydrogens (tertiary/aromatic N) is 1. The van der Waals surface area contributed by atoms with Gasteiger partial charge < -0.3 is 15.4 Å². The molecular weight excluding hydrogens is 408 g/mol. The van der Waals surface area contributed by atoms with Crippen LogP contribution in [0.3, 0.4) is 0 Å². The first-order valence-corrected chi connectivity index (χ1v) is 9.25. The Morgan fingerprint density at radius 3 is 2.50 bits per heavy atom. The molecule has 0 saturated heterocycles. The van der Waals surface area contributed by atoms with Crippen molar-refractivity contribution in [3.05, 3.63) is 41.6 Å². The van der Waals surface area contributed by atoms with Crippen molar-refractivity contribution in [1.82, 2.24) is 16.0 Å². The van der Waals surface area contributed by atoms with Gasteiger partial charge in [0.25, 0.3) is 5.91 Å². The molecule has 2 amide bonds. The Balaban J connectivity index is 1.57. The third kappa shape index (κ3) is 5.49. The maximum absolute atomic E-state index is 12.9. The van der Waals surface area contributed by atoms with E-state index in [1.807, 2.05) is 0 Å². The van der Waals surface area contributed by atoms with Crippen LogP contribution in [0.2, 0.25) is 0 Å². The molecule has 0 aromatic heterocycles. The Labute approximate surface area is 169 Å². The fraction of sp³-hybridized carbons (Fsp3) is 0.421. The van der Waals surface area contributed by atoms with Gasteiger partial charge in [-0.2, -0.15) is 17.6 Å². The minimum absolute atomic E-state index is 0.00898. The van der Waals surface area contributed by atoms with Gasteiger partial charge in [-0.3, -0.25) is 14.9 Å². The summed E-state index contributed by atoms with van der Waals surface area (Å²) < 4.78 is 54.3. The van der Waals surface area contributed by atoms with Crippen LogP contribution in [-0.2, 0) is 9.59 Å². The number of carbonyl (C=O) groups is 2. The second kappa shape index (κ2) is 8.72. The van der Waals surface area contributed by atoms with Crippen molar-refractivity contribution in [2.75, 3.05) is 6.54 Å². The first-order chi connectivity index (χ1) is 14.2. The lowest BCUT2D eigenvalue weighted by Crippen LogP contribution is -2.44. The molecule has 1 atom stereocenters. The largest absolute Gasteiger partial charge is 0.461 e. The number of nitrogens with one attached hydrogen (secondary N) is 3. The summed E-state index contributed by atoms with van der Waals surface area (Å²) in [7, 11) is 0. The van der Waals surface area contributed by atoms with Gasteiger partial charge in [-0.05, 0) is 43.5 Å². The van der Waals surface area contributed by atoms with Gasteiger partial charge in [0.1, 0.15) is 11.4 Å². The first-order valence-electron chi connectivity index (χ1n) is 9.25. The number of halogens is 4. The lowest BCUT2D eigenvalue weighted by Gasteiger charge is -2.19.